The van der Waals surface area contributed by atoms with Gasteiger partial charge >= 0.3 is 0 Å². The van der Waals surface area contributed by atoms with E-state index in [1.807, 2.05) is 9.80 Å². The van der Waals surface area contributed by atoms with Crippen molar-refractivity contribution in [2.24, 2.45) is 11.8 Å². The van der Waals surface area contributed by atoms with Crippen molar-refractivity contribution in [3.05, 3.63) is 0 Å². The molecule has 3 heterocycles. The Morgan fingerprint density at radius 2 is 1.52 bits per heavy atom. The van der Waals surface area contributed by atoms with Gasteiger partial charge in [-0.05, 0) is 44.2 Å². The van der Waals surface area contributed by atoms with E-state index in [2.05, 4.69) is 24.1 Å². The van der Waals surface area contributed by atoms with Gasteiger partial charge in [-0.3, -0.25) is 14.5 Å². The molecule has 29 heavy (non-hydrogen) atoms. The molecule has 0 aromatic carbocycles. The minimum atomic E-state index is -0.663. The average Bonchev–Trinajstić information content (AvgIpc) is 2.67. The number of amides is 2. The Morgan fingerprint density at radius 3 is 2.03 bits per heavy atom. The second-order valence-electron chi connectivity index (χ2n) is 8.76. The zero-order chi connectivity index (χ0) is 19.4. The number of piperazine rings is 1. The maximum Gasteiger partial charge on any atom is 0.254 e. The number of likely N-dealkylation sites (tertiary alicyclic amines) is 1. The highest BCUT2D eigenvalue weighted by Gasteiger charge is 2.43. The molecule has 3 aliphatic heterocycles. The van der Waals surface area contributed by atoms with Gasteiger partial charge in [0.1, 0.15) is 5.60 Å². The lowest BCUT2D eigenvalue weighted by Crippen LogP contribution is -2.60. The third kappa shape index (κ3) is 6.44. The molecule has 0 aliphatic carbocycles. The van der Waals surface area contributed by atoms with Crippen LogP contribution in [0.4, 0.5) is 0 Å². The van der Waals surface area contributed by atoms with Crippen LogP contribution in [0.2, 0.25) is 0 Å². The smallest absolute Gasteiger partial charge is 0.254 e. The number of hydrogen-bond donors (Lipinski definition) is 1. The topological polar surface area (TPSA) is 65.1 Å². The maximum absolute atomic E-state index is 13.0. The summed E-state index contributed by atoms with van der Waals surface area (Å²) in [7, 11) is 1.65. The molecule has 2 unspecified atom stereocenters. The molecular formula is C20H38Cl2N4O3. The van der Waals surface area contributed by atoms with Crippen molar-refractivity contribution in [3.8, 4) is 0 Å². The number of nitrogens with zero attached hydrogens (tertiary/aromatic N) is 3. The van der Waals surface area contributed by atoms with Gasteiger partial charge in [-0.1, -0.05) is 13.8 Å². The third-order valence-electron chi connectivity index (χ3n) is 6.43. The van der Waals surface area contributed by atoms with Crippen LogP contribution >= 0.6 is 24.8 Å². The van der Waals surface area contributed by atoms with Crippen LogP contribution < -0.4 is 5.32 Å². The van der Waals surface area contributed by atoms with Crippen LogP contribution in [0.25, 0.3) is 0 Å². The predicted octanol–water partition coefficient (Wildman–Crippen LogP) is 1.25. The summed E-state index contributed by atoms with van der Waals surface area (Å²) in [6.07, 6.45) is 2.67. The van der Waals surface area contributed by atoms with Crippen molar-refractivity contribution in [1.82, 2.24) is 20.0 Å². The highest BCUT2D eigenvalue weighted by molar-refractivity contribution is 5.86. The molecule has 170 valence electrons. The summed E-state index contributed by atoms with van der Waals surface area (Å²) in [5.74, 6) is 1.53. The van der Waals surface area contributed by atoms with Crippen LogP contribution in [-0.4, -0.2) is 98.1 Å². The van der Waals surface area contributed by atoms with Gasteiger partial charge in [0.25, 0.3) is 5.91 Å². The monoisotopic (exact) mass is 452 g/mol. The summed E-state index contributed by atoms with van der Waals surface area (Å²) in [6, 6.07) is 0. The molecule has 0 aromatic rings. The van der Waals surface area contributed by atoms with Crippen LogP contribution in [-0.2, 0) is 14.3 Å². The van der Waals surface area contributed by atoms with Gasteiger partial charge in [0, 0.05) is 46.4 Å². The first kappa shape index (κ1) is 26.4. The summed E-state index contributed by atoms with van der Waals surface area (Å²) >= 11 is 0. The summed E-state index contributed by atoms with van der Waals surface area (Å²) in [5.41, 5.74) is -0.663. The van der Waals surface area contributed by atoms with E-state index >= 15 is 0 Å². The van der Waals surface area contributed by atoms with E-state index in [9.17, 15) is 9.59 Å². The Labute approximate surface area is 187 Å². The van der Waals surface area contributed by atoms with E-state index in [0.29, 0.717) is 31.5 Å². The first-order chi connectivity index (χ1) is 12.9. The molecule has 0 saturated carbocycles. The molecule has 3 fully saturated rings. The first-order valence-electron chi connectivity index (χ1n) is 10.5. The van der Waals surface area contributed by atoms with E-state index in [1.165, 1.54) is 6.42 Å². The third-order valence-corrected chi connectivity index (χ3v) is 6.43. The van der Waals surface area contributed by atoms with E-state index in [1.54, 1.807) is 7.11 Å². The van der Waals surface area contributed by atoms with Gasteiger partial charge < -0.3 is 19.9 Å². The van der Waals surface area contributed by atoms with Gasteiger partial charge in [-0.2, -0.15) is 0 Å². The number of nitrogens with one attached hydrogen (secondary N) is 1. The number of hydrogen-bond acceptors (Lipinski definition) is 5. The van der Waals surface area contributed by atoms with Crippen LogP contribution in [0, 0.1) is 11.8 Å². The van der Waals surface area contributed by atoms with Crippen LogP contribution in [0.3, 0.4) is 0 Å². The molecule has 3 rings (SSSR count). The lowest BCUT2D eigenvalue weighted by molar-refractivity contribution is -0.160. The summed E-state index contributed by atoms with van der Waals surface area (Å²) in [4.78, 5) is 31.9. The molecule has 2 amide bonds. The SMILES string of the molecule is COC1(C(=O)N2CCN(CC(=O)N3CC(C)CC(C)C3)CC2)CCNCC1.Cl.Cl. The summed E-state index contributed by atoms with van der Waals surface area (Å²) < 4.78 is 5.68. The standard InChI is InChI=1S/C20H36N4O3.2ClH/c1-16-12-17(2)14-24(13-16)18(25)15-22-8-10-23(11-9-22)19(26)20(27-3)4-6-21-7-5-20;;/h16-17,21H,4-15H2,1-3H3;2*1H. The fraction of sp³-hybridized carbons (Fsp3) is 0.900. The molecule has 9 heteroatoms. The molecule has 0 bridgehead atoms. The van der Waals surface area contributed by atoms with E-state index in [0.717, 1.165) is 52.1 Å². The lowest BCUT2D eigenvalue weighted by atomic mass is 9.90. The van der Waals surface area contributed by atoms with Gasteiger partial charge in [-0.15, -0.1) is 24.8 Å². The molecule has 2 atom stereocenters. The largest absolute Gasteiger partial charge is 0.368 e. The van der Waals surface area contributed by atoms with Crippen molar-refractivity contribution >= 4 is 36.6 Å². The first-order valence-corrected chi connectivity index (χ1v) is 10.5. The van der Waals surface area contributed by atoms with E-state index in [-0.39, 0.29) is 36.6 Å². The number of piperidine rings is 2. The van der Waals surface area contributed by atoms with Gasteiger partial charge in [0.05, 0.1) is 6.54 Å². The Balaban J connectivity index is 0.00000210. The molecule has 1 N–H and O–H groups in total. The normalized spacial score (nSPS) is 27.6. The molecule has 7 nitrogen and oxygen atoms in total. The second-order valence-corrected chi connectivity index (χ2v) is 8.76. The van der Waals surface area contributed by atoms with Crippen molar-refractivity contribution in [3.63, 3.8) is 0 Å². The van der Waals surface area contributed by atoms with Crippen molar-refractivity contribution in [1.29, 1.82) is 0 Å². The molecule has 3 saturated heterocycles. The minimum absolute atomic E-state index is 0. The molecular weight excluding hydrogens is 415 g/mol. The van der Waals surface area contributed by atoms with Crippen molar-refractivity contribution in [2.45, 2.75) is 38.7 Å². The van der Waals surface area contributed by atoms with Crippen LogP contribution in [0.1, 0.15) is 33.1 Å². The fourth-order valence-corrected chi connectivity index (χ4v) is 4.89. The number of ether oxygens (including phenoxy) is 1. The number of carbonyl (C=O) groups excluding carboxylic acids is 2. The fourth-order valence-electron chi connectivity index (χ4n) is 4.89. The predicted molar refractivity (Wildman–Crippen MR) is 119 cm³/mol. The molecule has 0 aromatic heterocycles. The molecule has 0 spiro atoms. The molecule has 0 radical (unpaired) electrons. The quantitative estimate of drug-likeness (QED) is 0.694. The van der Waals surface area contributed by atoms with Gasteiger partial charge in [0.15, 0.2) is 0 Å². The Kier molecular flexibility index (Phi) is 10.7. The Morgan fingerprint density at radius 1 is 0.966 bits per heavy atom. The van der Waals surface area contributed by atoms with Gasteiger partial charge in [-0.25, -0.2) is 0 Å². The van der Waals surface area contributed by atoms with E-state index in [4.69, 9.17) is 4.74 Å². The van der Waals surface area contributed by atoms with E-state index < -0.39 is 5.60 Å². The lowest BCUT2D eigenvalue weighted by Gasteiger charge is -2.42. The maximum atomic E-state index is 13.0. The number of halogens is 2. The average molecular weight is 453 g/mol. The highest BCUT2D eigenvalue weighted by Crippen LogP contribution is 2.26. The molecule has 3 aliphatic rings. The minimum Gasteiger partial charge on any atom is -0.368 e. The van der Waals surface area contributed by atoms with Gasteiger partial charge in [0.2, 0.25) is 5.91 Å². The van der Waals surface area contributed by atoms with Crippen molar-refractivity contribution in [2.75, 3.05) is 66.0 Å². The Hall–Kier alpha value is -0.600. The summed E-state index contributed by atoms with van der Waals surface area (Å²) in [5, 5.41) is 3.30. The summed E-state index contributed by atoms with van der Waals surface area (Å²) in [6.45, 7) is 11.2. The number of carbonyl (C=O) groups is 2. The highest BCUT2D eigenvalue weighted by atomic mass is 35.5. The number of methoxy groups -OCH3 is 1. The zero-order valence-electron chi connectivity index (χ0n) is 18.0. The Bertz CT molecular complexity index is 528. The van der Waals surface area contributed by atoms with Crippen molar-refractivity contribution < 1.29 is 14.3 Å². The second kappa shape index (κ2) is 11.7. The number of rotatable bonds is 4. The van der Waals surface area contributed by atoms with Crippen LogP contribution in [0.5, 0.6) is 0 Å². The van der Waals surface area contributed by atoms with Crippen LogP contribution in [0.15, 0.2) is 0 Å². The zero-order valence-corrected chi connectivity index (χ0v) is 19.7.